The molecule has 0 unspecified atom stereocenters. The molecule has 2 aromatic heterocycles. The number of pyridine rings is 1. The van der Waals surface area contributed by atoms with Crippen LogP contribution in [0.15, 0.2) is 90.4 Å². The number of halogens is 1. The number of rotatable bonds is 7. The topological polar surface area (TPSA) is 42.4 Å². The summed E-state index contributed by atoms with van der Waals surface area (Å²) in [4.78, 5) is 19.8. The fraction of sp³-hybridized carbons (Fsp3) is 0.0833. The van der Waals surface area contributed by atoms with Crippen LogP contribution in [-0.4, -0.2) is 10.9 Å². The predicted molar refractivity (Wildman–Crippen MR) is 121 cm³/mol. The van der Waals surface area contributed by atoms with Gasteiger partial charge in [0.2, 0.25) is 0 Å². The van der Waals surface area contributed by atoms with Gasteiger partial charge < -0.3 is 4.74 Å². The number of amides is 1. The summed E-state index contributed by atoms with van der Waals surface area (Å²) in [5.74, 6) is 1.30. The van der Waals surface area contributed by atoms with E-state index < -0.39 is 0 Å². The lowest BCUT2D eigenvalue weighted by molar-refractivity contribution is 0.0988. The molecular weight excluding hydrogens is 416 g/mol. The van der Waals surface area contributed by atoms with Crippen LogP contribution >= 0.6 is 22.9 Å². The second-order valence-electron chi connectivity index (χ2n) is 6.58. The molecule has 0 aliphatic heterocycles. The van der Waals surface area contributed by atoms with Crippen molar-refractivity contribution in [1.82, 2.24) is 4.98 Å². The number of hydrogen-bond donors (Lipinski definition) is 0. The Morgan fingerprint density at radius 1 is 0.967 bits per heavy atom. The summed E-state index contributed by atoms with van der Waals surface area (Å²) in [5.41, 5.74) is 1.92. The van der Waals surface area contributed by atoms with Crippen molar-refractivity contribution in [2.24, 2.45) is 0 Å². The maximum Gasteiger partial charge on any atom is 0.269 e. The molecule has 150 valence electrons. The van der Waals surface area contributed by atoms with Gasteiger partial charge in [0.05, 0.1) is 11.4 Å². The van der Waals surface area contributed by atoms with Gasteiger partial charge in [-0.1, -0.05) is 54.1 Å². The zero-order valence-corrected chi connectivity index (χ0v) is 17.6. The number of carbonyl (C=O) groups excluding carboxylic acids is 1. The first-order chi connectivity index (χ1) is 14.7. The minimum absolute atomic E-state index is 0.0669. The van der Waals surface area contributed by atoms with Crippen LogP contribution in [0.4, 0.5) is 5.82 Å². The molecule has 4 rings (SSSR count). The molecule has 0 fully saturated rings. The highest BCUT2D eigenvalue weighted by atomic mass is 35.5. The Morgan fingerprint density at radius 3 is 2.47 bits per heavy atom. The van der Waals surface area contributed by atoms with Crippen LogP contribution in [0.5, 0.6) is 5.75 Å². The van der Waals surface area contributed by atoms with Crippen molar-refractivity contribution in [1.29, 1.82) is 0 Å². The molecule has 1 amide bonds. The minimum atomic E-state index is -0.0669. The Kier molecular flexibility index (Phi) is 6.42. The van der Waals surface area contributed by atoms with Crippen molar-refractivity contribution in [3.8, 4) is 5.75 Å². The third-order valence-electron chi connectivity index (χ3n) is 4.52. The maximum absolute atomic E-state index is 13.0. The van der Waals surface area contributed by atoms with Crippen molar-refractivity contribution >= 4 is 34.7 Å². The molecule has 0 bridgehead atoms. The summed E-state index contributed by atoms with van der Waals surface area (Å²) in [6, 6.07) is 24.6. The average molecular weight is 435 g/mol. The molecule has 2 aromatic carbocycles. The van der Waals surface area contributed by atoms with Crippen LogP contribution in [0.25, 0.3) is 0 Å². The maximum atomic E-state index is 13.0. The number of ether oxygens (including phenoxy) is 1. The second-order valence-corrected chi connectivity index (χ2v) is 7.94. The largest absolute Gasteiger partial charge is 0.489 e. The Hall–Kier alpha value is -3.15. The molecule has 2 heterocycles. The first-order valence-corrected chi connectivity index (χ1v) is 10.7. The van der Waals surface area contributed by atoms with Crippen LogP contribution < -0.4 is 9.64 Å². The lowest BCUT2D eigenvalue weighted by atomic mass is 10.2. The summed E-state index contributed by atoms with van der Waals surface area (Å²) < 4.78 is 5.85. The van der Waals surface area contributed by atoms with Gasteiger partial charge in [-0.25, -0.2) is 4.98 Å². The molecule has 6 heteroatoms. The highest BCUT2D eigenvalue weighted by Crippen LogP contribution is 2.22. The SMILES string of the molecule is O=C(c1cccs1)N(Cc1ccc(OCc2ccccc2Cl)cc1)c1ccccn1. The van der Waals surface area contributed by atoms with Gasteiger partial charge in [-0.3, -0.25) is 9.69 Å². The van der Waals surface area contributed by atoms with Gasteiger partial charge in [0, 0.05) is 16.8 Å². The van der Waals surface area contributed by atoms with Crippen LogP contribution in [0.1, 0.15) is 20.8 Å². The number of carbonyl (C=O) groups is 1. The lowest BCUT2D eigenvalue weighted by Crippen LogP contribution is -2.30. The van der Waals surface area contributed by atoms with Crippen molar-refractivity contribution in [3.63, 3.8) is 0 Å². The molecule has 30 heavy (non-hydrogen) atoms. The van der Waals surface area contributed by atoms with Crippen LogP contribution in [0.3, 0.4) is 0 Å². The van der Waals surface area contributed by atoms with Crippen molar-refractivity contribution in [3.05, 3.63) is 111 Å². The van der Waals surface area contributed by atoms with Gasteiger partial charge in [-0.15, -0.1) is 11.3 Å². The molecule has 0 atom stereocenters. The normalized spacial score (nSPS) is 10.6. The van der Waals surface area contributed by atoms with E-state index in [-0.39, 0.29) is 5.91 Å². The van der Waals surface area contributed by atoms with E-state index in [1.807, 2.05) is 84.2 Å². The molecule has 4 nitrogen and oxygen atoms in total. The number of aromatic nitrogens is 1. The number of nitrogens with zero attached hydrogens (tertiary/aromatic N) is 2. The van der Waals surface area contributed by atoms with Gasteiger partial charge in [0.1, 0.15) is 18.2 Å². The fourth-order valence-corrected chi connectivity index (χ4v) is 3.82. The van der Waals surface area contributed by atoms with E-state index in [9.17, 15) is 4.79 Å². The molecule has 0 saturated carbocycles. The molecule has 0 aliphatic rings. The van der Waals surface area contributed by atoms with Crippen molar-refractivity contribution in [2.45, 2.75) is 13.2 Å². The zero-order chi connectivity index (χ0) is 20.8. The molecular formula is C24H19ClN2O2S. The highest BCUT2D eigenvalue weighted by Gasteiger charge is 2.20. The van der Waals surface area contributed by atoms with E-state index >= 15 is 0 Å². The van der Waals surface area contributed by atoms with E-state index in [0.717, 1.165) is 16.9 Å². The monoisotopic (exact) mass is 434 g/mol. The minimum Gasteiger partial charge on any atom is -0.489 e. The summed E-state index contributed by atoms with van der Waals surface area (Å²) in [6.45, 7) is 0.814. The molecule has 0 radical (unpaired) electrons. The Morgan fingerprint density at radius 2 is 1.77 bits per heavy atom. The van der Waals surface area contributed by atoms with Crippen LogP contribution in [-0.2, 0) is 13.2 Å². The van der Waals surface area contributed by atoms with E-state index in [4.69, 9.17) is 16.3 Å². The van der Waals surface area contributed by atoms with E-state index in [1.54, 1.807) is 11.1 Å². The first kappa shape index (κ1) is 20.1. The smallest absolute Gasteiger partial charge is 0.269 e. The zero-order valence-electron chi connectivity index (χ0n) is 16.1. The standard InChI is InChI=1S/C24H19ClN2O2S/c25-21-7-2-1-6-19(21)17-29-20-12-10-18(11-13-20)16-27(23-9-3-4-14-26-23)24(28)22-8-5-15-30-22/h1-15H,16-17H2. The first-order valence-electron chi connectivity index (χ1n) is 9.42. The van der Waals surface area contributed by atoms with Gasteiger partial charge in [0.25, 0.3) is 5.91 Å². The summed E-state index contributed by atoms with van der Waals surface area (Å²) in [6.07, 6.45) is 1.69. The number of anilines is 1. The van der Waals surface area contributed by atoms with Crippen molar-refractivity contribution in [2.75, 3.05) is 4.90 Å². The van der Waals surface area contributed by atoms with E-state index in [1.165, 1.54) is 11.3 Å². The van der Waals surface area contributed by atoms with E-state index in [2.05, 4.69) is 4.98 Å². The van der Waals surface area contributed by atoms with Gasteiger partial charge in [-0.05, 0) is 47.3 Å². The number of thiophene rings is 1. The second kappa shape index (κ2) is 9.57. The molecule has 0 spiro atoms. The Labute approximate surface area is 184 Å². The Balaban J connectivity index is 1.48. The van der Waals surface area contributed by atoms with Gasteiger partial charge in [-0.2, -0.15) is 0 Å². The third kappa shape index (κ3) is 4.87. The van der Waals surface area contributed by atoms with E-state index in [0.29, 0.717) is 28.9 Å². The highest BCUT2D eigenvalue weighted by molar-refractivity contribution is 7.12. The average Bonchev–Trinajstić information content (AvgIpc) is 3.33. The quantitative estimate of drug-likeness (QED) is 0.346. The lowest BCUT2D eigenvalue weighted by Gasteiger charge is -2.21. The number of hydrogen-bond acceptors (Lipinski definition) is 4. The van der Waals surface area contributed by atoms with Crippen LogP contribution in [0, 0.1) is 0 Å². The molecule has 0 aliphatic carbocycles. The summed E-state index contributed by atoms with van der Waals surface area (Å²) >= 11 is 7.60. The molecule has 0 saturated heterocycles. The number of benzene rings is 2. The van der Waals surface area contributed by atoms with Crippen LogP contribution in [0.2, 0.25) is 5.02 Å². The van der Waals surface area contributed by atoms with Crippen molar-refractivity contribution < 1.29 is 9.53 Å². The predicted octanol–water partition coefficient (Wildman–Crippen LogP) is 6.22. The molecule has 4 aromatic rings. The summed E-state index contributed by atoms with van der Waals surface area (Å²) in [7, 11) is 0. The fourth-order valence-electron chi connectivity index (χ4n) is 2.95. The van der Waals surface area contributed by atoms with Gasteiger partial charge >= 0.3 is 0 Å². The van der Waals surface area contributed by atoms with Gasteiger partial charge in [0.15, 0.2) is 0 Å². The Bertz CT molecular complexity index is 1100. The molecule has 0 N–H and O–H groups in total. The summed E-state index contributed by atoms with van der Waals surface area (Å²) in [5, 5.41) is 2.59. The third-order valence-corrected chi connectivity index (χ3v) is 5.75.